The van der Waals surface area contributed by atoms with E-state index in [0.29, 0.717) is 25.8 Å². The van der Waals surface area contributed by atoms with Crippen molar-refractivity contribution in [3.8, 4) is 0 Å². The summed E-state index contributed by atoms with van der Waals surface area (Å²) in [5.41, 5.74) is 21.3. The standard InChI is InChI=1S/C20H39N9O7/c1-29(16(32)10-27-17(33)12(22)11-30)14(6-4-8-25-20(23)24)18(34)26-9-15(31)28-13(19(35)36)5-2-3-7-21/h12-14,30H,2-11,21-22H2,1H3,(H,26,34)(H,27,33)(H,28,31)(H,35,36)(H4,23,24,25)/t12-,13-,14-/m0/s1. The predicted molar refractivity (Wildman–Crippen MR) is 130 cm³/mol. The second-order valence-corrected chi connectivity index (χ2v) is 7.94. The van der Waals surface area contributed by atoms with Crippen molar-refractivity contribution in [1.29, 1.82) is 0 Å². The molecule has 0 saturated heterocycles. The zero-order valence-electron chi connectivity index (χ0n) is 20.4. The van der Waals surface area contributed by atoms with Gasteiger partial charge < -0.3 is 54.0 Å². The minimum Gasteiger partial charge on any atom is -0.480 e. The monoisotopic (exact) mass is 517 g/mol. The van der Waals surface area contributed by atoms with E-state index in [9.17, 15) is 29.1 Å². The number of carboxylic acids is 1. The number of hydrogen-bond donors (Lipinski definition) is 9. The zero-order valence-corrected chi connectivity index (χ0v) is 20.4. The molecule has 0 spiro atoms. The fourth-order valence-electron chi connectivity index (χ4n) is 2.95. The lowest BCUT2D eigenvalue weighted by atomic mass is 10.1. The number of carboxylic acid groups (broad SMARTS) is 1. The van der Waals surface area contributed by atoms with Crippen LogP contribution in [0.1, 0.15) is 32.1 Å². The van der Waals surface area contributed by atoms with Crippen molar-refractivity contribution >= 4 is 35.6 Å². The van der Waals surface area contributed by atoms with Crippen molar-refractivity contribution in [3.05, 3.63) is 0 Å². The van der Waals surface area contributed by atoms with Crippen LogP contribution < -0.4 is 38.9 Å². The van der Waals surface area contributed by atoms with Crippen LogP contribution in [0.3, 0.4) is 0 Å². The summed E-state index contributed by atoms with van der Waals surface area (Å²) in [6.07, 6.45) is 1.72. The fourth-order valence-corrected chi connectivity index (χ4v) is 2.95. The number of carbonyl (C=O) groups is 5. The van der Waals surface area contributed by atoms with Crippen LogP contribution in [0.25, 0.3) is 0 Å². The van der Waals surface area contributed by atoms with Crippen molar-refractivity contribution in [2.75, 3.05) is 39.8 Å². The molecule has 206 valence electrons. The first kappa shape index (κ1) is 32.5. The summed E-state index contributed by atoms with van der Waals surface area (Å²) in [7, 11) is 1.34. The van der Waals surface area contributed by atoms with E-state index in [2.05, 4.69) is 20.9 Å². The van der Waals surface area contributed by atoms with Gasteiger partial charge in [0.1, 0.15) is 18.1 Å². The first-order valence-corrected chi connectivity index (χ1v) is 11.4. The molecule has 36 heavy (non-hydrogen) atoms. The van der Waals surface area contributed by atoms with Crippen molar-refractivity contribution < 1.29 is 34.2 Å². The maximum Gasteiger partial charge on any atom is 0.326 e. The van der Waals surface area contributed by atoms with E-state index in [0.717, 1.165) is 4.90 Å². The number of carbonyl (C=O) groups excluding carboxylic acids is 4. The number of nitrogens with one attached hydrogen (secondary N) is 3. The number of nitrogens with zero attached hydrogens (tertiary/aromatic N) is 2. The number of aliphatic imine (C=N–C) groups is 1. The van der Waals surface area contributed by atoms with E-state index >= 15 is 0 Å². The number of hydrogen-bond acceptors (Lipinski definition) is 9. The molecule has 0 aliphatic heterocycles. The van der Waals surface area contributed by atoms with Gasteiger partial charge in [-0.25, -0.2) is 4.79 Å². The first-order chi connectivity index (χ1) is 16.9. The number of amides is 4. The molecule has 0 aliphatic carbocycles. The minimum absolute atomic E-state index is 0.118. The van der Waals surface area contributed by atoms with Crippen LogP contribution in [0, 0.1) is 0 Å². The summed E-state index contributed by atoms with van der Waals surface area (Å²) in [5.74, 6) is -4.13. The highest BCUT2D eigenvalue weighted by atomic mass is 16.4. The van der Waals surface area contributed by atoms with E-state index in [1.54, 1.807) is 0 Å². The molecule has 16 nitrogen and oxygen atoms in total. The summed E-state index contributed by atoms with van der Waals surface area (Å²) in [6, 6.07) is -3.39. The van der Waals surface area contributed by atoms with Crippen LogP contribution in [-0.2, 0) is 24.0 Å². The van der Waals surface area contributed by atoms with E-state index in [1.165, 1.54) is 7.05 Å². The number of likely N-dealkylation sites (N-methyl/N-ethyl adjacent to an activating group) is 1. The molecule has 0 unspecified atom stereocenters. The lowest BCUT2D eigenvalue weighted by molar-refractivity contribution is -0.142. The van der Waals surface area contributed by atoms with Crippen LogP contribution in [0.2, 0.25) is 0 Å². The van der Waals surface area contributed by atoms with Gasteiger partial charge in [0.15, 0.2) is 5.96 Å². The minimum atomic E-state index is -1.21. The Hall–Kier alpha value is -3.50. The van der Waals surface area contributed by atoms with Gasteiger partial charge in [-0.15, -0.1) is 0 Å². The highest BCUT2D eigenvalue weighted by molar-refractivity contribution is 5.93. The highest BCUT2D eigenvalue weighted by Gasteiger charge is 2.28. The summed E-state index contributed by atoms with van der Waals surface area (Å²) in [4.78, 5) is 65.5. The van der Waals surface area contributed by atoms with Crippen molar-refractivity contribution in [3.63, 3.8) is 0 Å². The fraction of sp³-hybridized carbons (Fsp3) is 0.700. The molecule has 0 aromatic heterocycles. The first-order valence-electron chi connectivity index (χ1n) is 11.4. The third kappa shape index (κ3) is 13.4. The van der Waals surface area contributed by atoms with Crippen LogP contribution in [0.15, 0.2) is 4.99 Å². The molecule has 0 radical (unpaired) electrons. The second-order valence-electron chi connectivity index (χ2n) is 7.94. The van der Waals surface area contributed by atoms with Gasteiger partial charge in [0.05, 0.1) is 19.7 Å². The van der Waals surface area contributed by atoms with E-state index < -0.39 is 67.4 Å². The molecule has 0 fully saturated rings. The Balaban J connectivity index is 5.13. The van der Waals surface area contributed by atoms with Gasteiger partial charge in [0, 0.05) is 13.6 Å². The normalized spacial score (nSPS) is 13.0. The summed E-state index contributed by atoms with van der Waals surface area (Å²) < 4.78 is 0. The van der Waals surface area contributed by atoms with Gasteiger partial charge in [-0.05, 0) is 38.6 Å². The van der Waals surface area contributed by atoms with Gasteiger partial charge in [-0.3, -0.25) is 24.2 Å². The van der Waals surface area contributed by atoms with Crippen molar-refractivity contribution in [2.24, 2.45) is 27.9 Å². The molecule has 0 aliphatic rings. The Bertz CT molecular complexity index is 775. The molecule has 16 heteroatoms. The second kappa shape index (κ2) is 17.9. The molecular formula is C20H39N9O7. The molecular weight excluding hydrogens is 478 g/mol. The van der Waals surface area contributed by atoms with E-state index in [4.69, 9.17) is 28.0 Å². The number of aliphatic hydroxyl groups is 1. The SMILES string of the molecule is CN(C(=O)CNC(=O)[C@@H](N)CO)[C@@H](CCCN=C(N)N)C(=O)NCC(=O)N[C@@H](CCCCN)C(=O)O. The third-order valence-corrected chi connectivity index (χ3v) is 5.04. The van der Waals surface area contributed by atoms with Crippen LogP contribution in [-0.4, -0.2) is 109 Å². The van der Waals surface area contributed by atoms with Crippen molar-refractivity contribution in [1.82, 2.24) is 20.9 Å². The lowest BCUT2D eigenvalue weighted by Gasteiger charge is -2.27. The highest BCUT2D eigenvalue weighted by Crippen LogP contribution is 2.07. The van der Waals surface area contributed by atoms with Gasteiger partial charge in [0.2, 0.25) is 23.6 Å². The Labute approximate surface area is 209 Å². The van der Waals surface area contributed by atoms with Gasteiger partial charge in [-0.1, -0.05) is 0 Å². The molecule has 13 N–H and O–H groups in total. The van der Waals surface area contributed by atoms with Crippen molar-refractivity contribution in [2.45, 2.75) is 50.2 Å². The maximum absolute atomic E-state index is 12.8. The Morgan fingerprint density at radius 2 is 1.61 bits per heavy atom. The average Bonchev–Trinajstić information content (AvgIpc) is 2.83. The smallest absolute Gasteiger partial charge is 0.326 e. The van der Waals surface area contributed by atoms with Crippen LogP contribution >= 0.6 is 0 Å². The molecule has 0 heterocycles. The number of nitrogens with two attached hydrogens (primary N) is 4. The van der Waals surface area contributed by atoms with Crippen LogP contribution in [0.5, 0.6) is 0 Å². The topological polar surface area (TPSA) is 282 Å². The number of unbranched alkanes of at least 4 members (excludes halogenated alkanes) is 1. The zero-order chi connectivity index (χ0) is 27.7. The Morgan fingerprint density at radius 3 is 2.17 bits per heavy atom. The van der Waals surface area contributed by atoms with Gasteiger partial charge in [-0.2, -0.15) is 0 Å². The van der Waals surface area contributed by atoms with Gasteiger partial charge in [0.25, 0.3) is 0 Å². The summed E-state index contributed by atoms with van der Waals surface area (Å²) >= 11 is 0. The van der Waals surface area contributed by atoms with E-state index in [-0.39, 0.29) is 25.3 Å². The third-order valence-electron chi connectivity index (χ3n) is 5.04. The number of aliphatic carboxylic acids is 1. The number of aliphatic hydroxyl groups excluding tert-OH is 1. The molecule has 0 saturated carbocycles. The largest absolute Gasteiger partial charge is 0.480 e. The predicted octanol–water partition coefficient (Wildman–Crippen LogP) is -4.88. The van der Waals surface area contributed by atoms with Gasteiger partial charge >= 0.3 is 5.97 Å². The quantitative estimate of drug-likeness (QED) is 0.0472. The Kier molecular flexibility index (Phi) is 16.1. The number of guanidine groups is 1. The molecule has 0 bridgehead atoms. The lowest BCUT2D eigenvalue weighted by Crippen LogP contribution is -2.53. The molecule has 0 aromatic rings. The molecule has 4 amide bonds. The average molecular weight is 518 g/mol. The summed E-state index contributed by atoms with van der Waals surface area (Å²) in [6.45, 7) is -1.04. The van der Waals surface area contributed by atoms with E-state index in [1.807, 2.05) is 0 Å². The van der Waals surface area contributed by atoms with Crippen LogP contribution in [0.4, 0.5) is 0 Å². The Morgan fingerprint density at radius 1 is 0.972 bits per heavy atom. The molecule has 0 rings (SSSR count). The maximum atomic E-state index is 12.8. The molecule has 3 atom stereocenters. The number of rotatable bonds is 18. The molecule has 0 aromatic carbocycles. The summed E-state index contributed by atoms with van der Waals surface area (Å²) in [5, 5.41) is 25.2.